The fourth-order valence-electron chi connectivity index (χ4n) is 2.11. The molecule has 0 aliphatic rings. The van der Waals surface area contributed by atoms with Gasteiger partial charge in [-0.2, -0.15) is 0 Å². The Morgan fingerprint density at radius 3 is 2.45 bits per heavy atom. The Hall–Kier alpha value is -1.10. The van der Waals surface area contributed by atoms with Crippen molar-refractivity contribution < 1.29 is 9.84 Å². The third-order valence-corrected chi connectivity index (χ3v) is 3.40. The lowest BCUT2D eigenvalue weighted by atomic mass is 9.84. The van der Waals surface area contributed by atoms with Gasteiger partial charge in [0, 0.05) is 11.6 Å². The average molecular weight is 280 g/mol. The van der Waals surface area contributed by atoms with Gasteiger partial charge >= 0.3 is 0 Å². The highest BCUT2D eigenvalue weighted by Crippen LogP contribution is 2.33. The van der Waals surface area contributed by atoms with Crippen molar-refractivity contribution in [3.8, 4) is 5.75 Å². The van der Waals surface area contributed by atoms with Gasteiger partial charge in [0.15, 0.2) is 0 Å². The number of benzene rings is 1. The first-order valence-corrected chi connectivity index (χ1v) is 7.22. The van der Waals surface area contributed by atoms with E-state index in [9.17, 15) is 5.11 Å². The number of hydrogen-bond acceptors (Lipinski definition) is 4. The Balaban J connectivity index is 3.17. The van der Waals surface area contributed by atoms with Crippen molar-refractivity contribution in [3.63, 3.8) is 0 Å². The lowest BCUT2D eigenvalue weighted by Gasteiger charge is -2.25. The zero-order valence-electron chi connectivity index (χ0n) is 13.0. The minimum Gasteiger partial charge on any atom is -0.493 e. The van der Waals surface area contributed by atoms with E-state index in [2.05, 4.69) is 20.8 Å². The van der Waals surface area contributed by atoms with Crippen LogP contribution >= 0.6 is 0 Å². The van der Waals surface area contributed by atoms with E-state index in [1.807, 2.05) is 25.1 Å². The number of ether oxygens (including phenoxy) is 1. The molecule has 114 valence electrons. The van der Waals surface area contributed by atoms with Gasteiger partial charge in [-0.3, -0.25) is 0 Å². The maximum atomic E-state index is 10.5. The zero-order chi connectivity index (χ0) is 15.3. The van der Waals surface area contributed by atoms with Crippen LogP contribution in [0, 0.1) is 0 Å². The molecule has 0 saturated carbocycles. The summed E-state index contributed by atoms with van der Waals surface area (Å²) < 4.78 is 5.61. The lowest BCUT2D eigenvalue weighted by Crippen LogP contribution is -2.31. The maximum Gasteiger partial charge on any atom is 0.125 e. The van der Waals surface area contributed by atoms with Crippen LogP contribution in [-0.4, -0.2) is 24.3 Å². The molecule has 2 unspecified atom stereocenters. The van der Waals surface area contributed by atoms with Gasteiger partial charge in [-0.05, 0) is 43.0 Å². The summed E-state index contributed by atoms with van der Waals surface area (Å²) >= 11 is 0. The molecule has 1 aromatic rings. The number of aliphatic hydroxyl groups excluding tert-OH is 1. The molecule has 0 aromatic heterocycles. The molecule has 0 radical (unpaired) electrons. The van der Waals surface area contributed by atoms with Crippen LogP contribution in [0.5, 0.6) is 5.75 Å². The molecule has 4 heteroatoms. The third kappa shape index (κ3) is 4.20. The molecular formula is C16H28N2O2. The summed E-state index contributed by atoms with van der Waals surface area (Å²) in [6, 6.07) is 5.56. The monoisotopic (exact) mass is 280 g/mol. The average Bonchev–Trinajstić information content (AvgIpc) is 2.37. The predicted molar refractivity (Wildman–Crippen MR) is 82.9 cm³/mol. The Bertz CT molecular complexity index is 427. The van der Waals surface area contributed by atoms with E-state index in [-0.39, 0.29) is 11.5 Å². The second-order valence-corrected chi connectivity index (χ2v) is 6.12. The summed E-state index contributed by atoms with van der Waals surface area (Å²) in [5, 5.41) is 10.5. The van der Waals surface area contributed by atoms with Crippen molar-refractivity contribution in [2.45, 2.75) is 51.7 Å². The van der Waals surface area contributed by atoms with E-state index in [0.29, 0.717) is 25.3 Å². The van der Waals surface area contributed by atoms with E-state index < -0.39 is 6.10 Å². The molecule has 1 aromatic carbocycles. The van der Waals surface area contributed by atoms with Crippen molar-refractivity contribution in [2.24, 2.45) is 11.5 Å². The largest absolute Gasteiger partial charge is 0.493 e. The number of nitrogens with two attached hydrogens (primary N) is 2. The van der Waals surface area contributed by atoms with Gasteiger partial charge in [0.1, 0.15) is 5.75 Å². The topological polar surface area (TPSA) is 81.5 Å². The summed E-state index contributed by atoms with van der Waals surface area (Å²) in [6.45, 7) is 9.35. The smallest absolute Gasteiger partial charge is 0.125 e. The molecule has 0 saturated heterocycles. The Labute approximate surface area is 122 Å². The van der Waals surface area contributed by atoms with E-state index in [1.54, 1.807) is 0 Å². The SMILES string of the molecule is CCOc1ccc(C(C)(C)C)cc1C(O)C(N)CCN. The molecule has 0 amide bonds. The van der Waals surface area contributed by atoms with E-state index in [0.717, 1.165) is 11.1 Å². The lowest BCUT2D eigenvalue weighted by molar-refractivity contribution is 0.138. The molecule has 2 atom stereocenters. The Morgan fingerprint density at radius 1 is 1.30 bits per heavy atom. The molecule has 0 heterocycles. The second kappa shape index (κ2) is 7.07. The minimum atomic E-state index is -0.762. The highest BCUT2D eigenvalue weighted by atomic mass is 16.5. The van der Waals surface area contributed by atoms with Crippen LogP contribution in [-0.2, 0) is 5.41 Å². The molecule has 4 nitrogen and oxygen atoms in total. The van der Waals surface area contributed by atoms with Crippen LogP contribution in [0.1, 0.15) is 51.3 Å². The van der Waals surface area contributed by atoms with Crippen LogP contribution in [0.2, 0.25) is 0 Å². The van der Waals surface area contributed by atoms with Gasteiger partial charge < -0.3 is 21.3 Å². The standard InChI is InChI=1S/C16H28N2O2/c1-5-20-14-7-6-11(16(2,3)4)10-12(14)15(19)13(18)8-9-17/h6-7,10,13,15,19H,5,8-9,17-18H2,1-4H3. The summed E-state index contributed by atoms with van der Waals surface area (Å²) in [5.74, 6) is 0.695. The summed E-state index contributed by atoms with van der Waals surface area (Å²) in [5.41, 5.74) is 13.4. The van der Waals surface area contributed by atoms with Crippen LogP contribution in [0.3, 0.4) is 0 Å². The first kappa shape index (κ1) is 17.0. The quantitative estimate of drug-likeness (QED) is 0.745. The predicted octanol–water partition coefficient (Wildman–Crippen LogP) is 2.09. The van der Waals surface area contributed by atoms with Gasteiger partial charge in [0.2, 0.25) is 0 Å². The van der Waals surface area contributed by atoms with E-state index in [1.165, 1.54) is 0 Å². The Morgan fingerprint density at radius 2 is 1.95 bits per heavy atom. The van der Waals surface area contributed by atoms with Crippen LogP contribution in [0.25, 0.3) is 0 Å². The normalized spacial score (nSPS) is 14.9. The third-order valence-electron chi connectivity index (χ3n) is 3.40. The highest BCUT2D eigenvalue weighted by Gasteiger charge is 2.23. The van der Waals surface area contributed by atoms with Crippen molar-refractivity contribution >= 4 is 0 Å². The zero-order valence-corrected chi connectivity index (χ0v) is 13.0. The first-order valence-electron chi connectivity index (χ1n) is 7.22. The summed E-state index contributed by atoms with van der Waals surface area (Å²) in [4.78, 5) is 0. The minimum absolute atomic E-state index is 0.0111. The molecule has 1 rings (SSSR count). The van der Waals surface area contributed by atoms with Crippen molar-refractivity contribution in [2.75, 3.05) is 13.2 Å². The second-order valence-electron chi connectivity index (χ2n) is 6.12. The fourth-order valence-corrected chi connectivity index (χ4v) is 2.11. The molecule has 0 bridgehead atoms. The number of hydrogen-bond donors (Lipinski definition) is 3. The molecule has 0 fully saturated rings. The molecule has 0 aliphatic carbocycles. The summed E-state index contributed by atoms with van der Waals surface area (Å²) in [7, 11) is 0. The maximum absolute atomic E-state index is 10.5. The van der Waals surface area contributed by atoms with Gasteiger partial charge in [0.25, 0.3) is 0 Å². The van der Waals surface area contributed by atoms with Crippen molar-refractivity contribution in [3.05, 3.63) is 29.3 Å². The van der Waals surface area contributed by atoms with Gasteiger partial charge in [0.05, 0.1) is 12.7 Å². The van der Waals surface area contributed by atoms with Crippen molar-refractivity contribution in [1.82, 2.24) is 0 Å². The number of aliphatic hydroxyl groups is 1. The molecule has 20 heavy (non-hydrogen) atoms. The van der Waals surface area contributed by atoms with Gasteiger partial charge in [-0.1, -0.05) is 26.8 Å². The van der Waals surface area contributed by atoms with E-state index in [4.69, 9.17) is 16.2 Å². The van der Waals surface area contributed by atoms with Crippen molar-refractivity contribution in [1.29, 1.82) is 0 Å². The van der Waals surface area contributed by atoms with E-state index >= 15 is 0 Å². The number of rotatable bonds is 6. The fraction of sp³-hybridized carbons (Fsp3) is 0.625. The van der Waals surface area contributed by atoms with Gasteiger partial charge in [-0.15, -0.1) is 0 Å². The van der Waals surface area contributed by atoms with Crippen LogP contribution < -0.4 is 16.2 Å². The molecular weight excluding hydrogens is 252 g/mol. The summed E-state index contributed by atoms with van der Waals surface area (Å²) in [6.07, 6.45) is -0.186. The molecule has 5 N–H and O–H groups in total. The highest BCUT2D eigenvalue weighted by molar-refractivity contribution is 5.41. The van der Waals surface area contributed by atoms with Crippen LogP contribution in [0.4, 0.5) is 0 Å². The molecule has 0 aliphatic heterocycles. The first-order chi connectivity index (χ1) is 9.31. The Kier molecular flexibility index (Phi) is 5.99. The molecule has 0 spiro atoms. The van der Waals surface area contributed by atoms with Gasteiger partial charge in [-0.25, -0.2) is 0 Å². The van der Waals surface area contributed by atoms with Crippen LogP contribution in [0.15, 0.2) is 18.2 Å².